The minimum absolute atomic E-state index is 0.0846. The van der Waals surface area contributed by atoms with Crippen molar-refractivity contribution in [3.63, 3.8) is 0 Å². The van der Waals surface area contributed by atoms with Crippen molar-refractivity contribution in [3.8, 4) is 5.75 Å². The fourth-order valence-corrected chi connectivity index (χ4v) is 6.12. The molecule has 1 unspecified atom stereocenters. The molecule has 1 aliphatic carbocycles. The summed E-state index contributed by atoms with van der Waals surface area (Å²) < 4.78 is 6.57. The van der Waals surface area contributed by atoms with E-state index in [0.29, 0.717) is 18.4 Å². The standard InChI is InChI=1S/C33H50O3/c1-6-7-8-12-17-33(4,5)27-15-16-29(32(20-27)36-23-26-13-10-9-11-14-26)31-21-28(35)19-25(3)30(31)18-24(2)22-34/h9-11,13-16,20,24-25,28,30-31,34-35H,6-8,12,17-19,21-23H2,1-5H3/t24?,25-,28+,30+,31-/m0/s1. The molecular formula is C33H50O3. The molecule has 2 aromatic rings. The van der Waals surface area contributed by atoms with E-state index in [-0.39, 0.29) is 30.0 Å². The molecule has 1 aliphatic rings. The highest BCUT2D eigenvalue weighted by atomic mass is 16.5. The number of rotatable bonds is 13. The van der Waals surface area contributed by atoms with Crippen LogP contribution in [0.15, 0.2) is 48.5 Å². The first-order valence-corrected chi connectivity index (χ1v) is 14.3. The maximum Gasteiger partial charge on any atom is 0.123 e. The summed E-state index contributed by atoms with van der Waals surface area (Å²) in [6.45, 7) is 12.1. The summed E-state index contributed by atoms with van der Waals surface area (Å²) in [7, 11) is 0. The third-order valence-corrected chi connectivity index (χ3v) is 8.49. The van der Waals surface area contributed by atoms with E-state index < -0.39 is 0 Å². The van der Waals surface area contributed by atoms with Gasteiger partial charge in [-0.25, -0.2) is 0 Å². The van der Waals surface area contributed by atoms with Crippen molar-refractivity contribution in [2.75, 3.05) is 6.61 Å². The number of hydrogen-bond acceptors (Lipinski definition) is 3. The molecule has 200 valence electrons. The van der Waals surface area contributed by atoms with Gasteiger partial charge in [0.05, 0.1) is 6.10 Å². The monoisotopic (exact) mass is 494 g/mol. The van der Waals surface area contributed by atoms with Crippen LogP contribution in [0.1, 0.15) is 109 Å². The molecule has 5 atom stereocenters. The molecule has 0 bridgehead atoms. The van der Waals surface area contributed by atoms with Gasteiger partial charge in [-0.1, -0.05) is 103 Å². The average Bonchev–Trinajstić information content (AvgIpc) is 2.87. The van der Waals surface area contributed by atoms with Crippen LogP contribution in [0.4, 0.5) is 0 Å². The molecule has 3 nitrogen and oxygen atoms in total. The first-order valence-electron chi connectivity index (χ1n) is 14.3. The first kappa shape index (κ1) is 28.7. The van der Waals surface area contributed by atoms with E-state index in [9.17, 15) is 10.2 Å². The van der Waals surface area contributed by atoms with Crippen LogP contribution in [0.2, 0.25) is 0 Å². The molecule has 0 radical (unpaired) electrons. The van der Waals surface area contributed by atoms with Gasteiger partial charge in [0.1, 0.15) is 12.4 Å². The zero-order valence-electron chi connectivity index (χ0n) is 23.4. The maximum atomic E-state index is 10.8. The summed E-state index contributed by atoms with van der Waals surface area (Å²) in [6, 6.07) is 17.3. The summed E-state index contributed by atoms with van der Waals surface area (Å²) in [5, 5.41) is 20.5. The molecule has 0 spiro atoms. The van der Waals surface area contributed by atoms with Gasteiger partial charge < -0.3 is 14.9 Å². The van der Waals surface area contributed by atoms with Crippen molar-refractivity contribution < 1.29 is 14.9 Å². The van der Waals surface area contributed by atoms with Crippen LogP contribution >= 0.6 is 0 Å². The molecule has 1 saturated carbocycles. The summed E-state index contributed by atoms with van der Waals surface area (Å²) in [6.07, 6.45) is 8.54. The Kier molecular flexibility index (Phi) is 10.9. The number of unbranched alkanes of at least 4 members (excludes halogenated alkanes) is 3. The SMILES string of the molecule is CCCCCCC(C)(C)c1ccc([C@@H]2C[C@H](O)C[C@H](C)[C@H]2CC(C)CO)c(OCc2ccccc2)c1. The molecule has 0 aliphatic heterocycles. The third-order valence-electron chi connectivity index (χ3n) is 8.49. The lowest BCUT2D eigenvalue weighted by Gasteiger charge is -2.41. The molecule has 2 N–H and O–H groups in total. The normalized spacial score (nSPS) is 23.4. The molecule has 3 rings (SSSR count). The van der Waals surface area contributed by atoms with E-state index in [1.807, 2.05) is 6.07 Å². The zero-order valence-corrected chi connectivity index (χ0v) is 23.4. The Bertz CT molecular complexity index is 906. The Morgan fingerprint density at radius 2 is 1.78 bits per heavy atom. The highest BCUT2D eigenvalue weighted by Gasteiger charge is 2.38. The van der Waals surface area contributed by atoms with Gasteiger partial charge in [0.15, 0.2) is 0 Å². The topological polar surface area (TPSA) is 49.7 Å². The number of benzene rings is 2. The quantitative estimate of drug-likeness (QED) is 0.277. The largest absolute Gasteiger partial charge is 0.489 e. The van der Waals surface area contributed by atoms with Crippen LogP contribution in [0, 0.1) is 17.8 Å². The van der Waals surface area contributed by atoms with Crippen molar-refractivity contribution in [2.45, 2.75) is 110 Å². The Morgan fingerprint density at radius 1 is 1.03 bits per heavy atom. The summed E-state index contributed by atoms with van der Waals surface area (Å²) >= 11 is 0. The van der Waals surface area contributed by atoms with E-state index >= 15 is 0 Å². The van der Waals surface area contributed by atoms with E-state index in [4.69, 9.17) is 4.74 Å². The van der Waals surface area contributed by atoms with E-state index in [1.165, 1.54) is 43.2 Å². The van der Waals surface area contributed by atoms with Crippen molar-refractivity contribution in [1.29, 1.82) is 0 Å². The van der Waals surface area contributed by atoms with Gasteiger partial charge in [0.2, 0.25) is 0 Å². The Hall–Kier alpha value is -1.84. The van der Waals surface area contributed by atoms with Crippen LogP contribution in [0.5, 0.6) is 5.75 Å². The van der Waals surface area contributed by atoms with Gasteiger partial charge in [-0.15, -0.1) is 0 Å². The zero-order chi connectivity index (χ0) is 26.1. The molecule has 1 fully saturated rings. The van der Waals surface area contributed by atoms with E-state index in [2.05, 4.69) is 77.1 Å². The number of hydrogen-bond donors (Lipinski definition) is 2. The van der Waals surface area contributed by atoms with Crippen LogP contribution in [-0.2, 0) is 12.0 Å². The minimum Gasteiger partial charge on any atom is -0.489 e. The predicted molar refractivity (Wildman–Crippen MR) is 151 cm³/mol. The molecule has 0 aromatic heterocycles. The molecule has 36 heavy (non-hydrogen) atoms. The molecular weight excluding hydrogens is 444 g/mol. The second-order valence-electron chi connectivity index (χ2n) is 12.1. The van der Waals surface area contributed by atoms with Crippen LogP contribution < -0.4 is 4.74 Å². The Labute approximate surface area is 220 Å². The fraction of sp³-hybridized carbons (Fsp3) is 0.636. The lowest BCUT2D eigenvalue weighted by atomic mass is 9.66. The lowest BCUT2D eigenvalue weighted by Crippen LogP contribution is -2.34. The number of aliphatic hydroxyl groups is 2. The second kappa shape index (κ2) is 13.6. The van der Waals surface area contributed by atoms with Gasteiger partial charge in [0, 0.05) is 6.61 Å². The smallest absolute Gasteiger partial charge is 0.123 e. The van der Waals surface area contributed by atoms with Gasteiger partial charge in [0.25, 0.3) is 0 Å². The van der Waals surface area contributed by atoms with Crippen LogP contribution in [0.3, 0.4) is 0 Å². The van der Waals surface area contributed by atoms with E-state index in [1.54, 1.807) is 0 Å². The molecule has 3 heteroatoms. The number of ether oxygens (including phenoxy) is 1. The van der Waals surface area contributed by atoms with Crippen molar-refractivity contribution in [2.24, 2.45) is 17.8 Å². The Morgan fingerprint density at radius 3 is 2.47 bits per heavy atom. The fourth-order valence-electron chi connectivity index (χ4n) is 6.12. The molecule has 0 heterocycles. The average molecular weight is 495 g/mol. The molecule has 2 aromatic carbocycles. The van der Waals surface area contributed by atoms with E-state index in [0.717, 1.165) is 30.6 Å². The van der Waals surface area contributed by atoms with Crippen molar-refractivity contribution in [1.82, 2.24) is 0 Å². The van der Waals surface area contributed by atoms with Crippen molar-refractivity contribution in [3.05, 3.63) is 65.2 Å². The lowest BCUT2D eigenvalue weighted by molar-refractivity contribution is 0.0455. The first-order chi connectivity index (χ1) is 17.2. The summed E-state index contributed by atoms with van der Waals surface area (Å²) in [5.41, 5.74) is 3.80. The van der Waals surface area contributed by atoms with Crippen molar-refractivity contribution >= 4 is 0 Å². The third kappa shape index (κ3) is 7.83. The Balaban J connectivity index is 1.94. The minimum atomic E-state index is -0.290. The van der Waals surface area contributed by atoms with Gasteiger partial charge in [-0.3, -0.25) is 0 Å². The molecule has 0 saturated heterocycles. The van der Waals surface area contributed by atoms with Gasteiger partial charge in [-0.2, -0.15) is 0 Å². The number of aliphatic hydroxyl groups excluding tert-OH is 2. The summed E-state index contributed by atoms with van der Waals surface area (Å²) in [5.74, 6) is 2.27. The summed E-state index contributed by atoms with van der Waals surface area (Å²) in [4.78, 5) is 0. The molecule has 0 amide bonds. The predicted octanol–water partition coefficient (Wildman–Crippen LogP) is 8.02. The van der Waals surface area contributed by atoms with Gasteiger partial charge in [-0.05, 0) is 77.5 Å². The highest BCUT2D eigenvalue weighted by Crippen LogP contribution is 2.48. The van der Waals surface area contributed by atoms with Crippen LogP contribution in [0.25, 0.3) is 0 Å². The highest BCUT2D eigenvalue weighted by molar-refractivity contribution is 5.43. The van der Waals surface area contributed by atoms with Gasteiger partial charge >= 0.3 is 0 Å². The van der Waals surface area contributed by atoms with Crippen LogP contribution in [-0.4, -0.2) is 22.9 Å². The maximum absolute atomic E-state index is 10.8. The second-order valence-corrected chi connectivity index (χ2v) is 12.1.